The average molecular weight is 280 g/mol. The van der Waals surface area contributed by atoms with Crippen molar-refractivity contribution < 1.29 is 18.3 Å². The third kappa shape index (κ3) is 5.62. The van der Waals surface area contributed by atoms with Crippen LogP contribution >= 0.6 is 0 Å². The number of aliphatic hydroxyl groups is 1. The van der Waals surface area contributed by atoms with Crippen molar-refractivity contribution in [2.24, 2.45) is 0 Å². The van der Waals surface area contributed by atoms with Gasteiger partial charge >= 0.3 is 0 Å². The third-order valence-corrected chi connectivity index (χ3v) is 4.66. The van der Waals surface area contributed by atoms with Gasteiger partial charge in [0, 0.05) is 26.7 Å². The van der Waals surface area contributed by atoms with Crippen molar-refractivity contribution >= 4 is 10.2 Å². The number of rotatable bonds is 9. The van der Waals surface area contributed by atoms with E-state index in [9.17, 15) is 8.42 Å². The molecule has 6 nitrogen and oxygen atoms in total. The van der Waals surface area contributed by atoms with Crippen LogP contribution in [0.15, 0.2) is 0 Å². The lowest BCUT2D eigenvalue weighted by Crippen LogP contribution is -2.40. The fourth-order valence-corrected chi connectivity index (χ4v) is 2.91. The molecule has 0 spiro atoms. The minimum absolute atomic E-state index is 0.00927. The number of ether oxygens (including phenoxy) is 1. The molecule has 18 heavy (non-hydrogen) atoms. The molecule has 108 valence electrons. The van der Waals surface area contributed by atoms with E-state index in [2.05, 4.69) is 4.72 Å². The van der Waals surface area contributed by atoms with Crippen LogP contribution in [0.3, 0.4) is 0 Å². The summed E-state index contributed by atoms with van der Waals surface area (Å²) in [6.07, 6.45) is 5.34. The highest BCUT2D eigenvalue weighted by Crippen LogP contribution is 2.20. The first-order valence-corrected chi connectivity index (χ1v) is 7.93. The van der Waals surface area contributed by atoms with Crippen molar-refractivity contribution in [1.29, 1.82) is 0 Å². The first kappa shape index (κ1) is 15.8. The highest BCUT2D eigenvalue weighted by molar-refractivity contribution is 7.87. The van der Waals surface area contributed by atoms with Gasteiger partial charge < -0.3 is 9.84 Å². The molecule has 0 saturated heterocycles. The van der Waals surface area contributed by atoms with Crippen LogP contribution in [0.2, 0.25) is 0 Å². The average Bonchev–Trinajstić information content (AvgIpc) is 2.84. The second kappa shape index (κ2) is 8.06. The summed E-state index contributed by atoms with van der Waals surface area (Å²) >= 11 is 0. The Morgan fingerprint density at radius 2 is 2.06 bits per heavy atom. The van der Waals surface area contributed by atoms with Crippen LogP contribution in [0.4, 0.5) is 0 Å². The predicted molar refractivity (Wildman–Crippen MR) is 69.5 cm³/mol. The van der Waals surface area contributed by atoms with Gasteiger partial charge in [-0.3, -0.25) is 0 Å². The normalized spacial score (nSPS) is 17.7. The quantitative estimate of drug-likeness (QED) is 0.587. The molecule has 1 aliphatic rings. The lowest BCUT2D eigenvalue weighted by Gasteiger charge is -2.17. The van der Waals surface area contributed by atoms with E-state index in [-0.39, 0.29) is 6.61 Å². The van der Waals surface area contributed by atoms with Gasteiger partial charge in [-0.05, 0) is 19.3 Å². The van der Waals surface area contributed by atoms with Crippen LogP contribution in [0, 0.1) is 0 Å². The van der Waals surface area contributed by atoms with E-state index in [1.165, 1.54) is 24.2 Å². The second-order valence-corrected chi connectivity index (χ2v) is 6.44. The number of aliphatic hydroxyl groups excluding tert-OH is 1. The summed E-state index contributed by atoms with van der Waals surface area (Å²) in [5.74, 6) is 0. The summed E-state index contributed by atoms with van der Waals surface area (Å²) in [5.41, 5.74) is 0. The topological polar surface area (TPSA) is 78.9 Å². The first-order valence-electron chi connectivity index (χ1n) is 6.49. The molecule has 1 rings (SSSR count). The van der Waals surface area contributed by atoms with Crippen LogP contribution in [0.5, 0.6) is 0 Å². The number of hydrogen-bond acceptors (Lipinski definition) is 4. The highest BCUT2D eigenvalue weighted by atomic mass is 32.2. The van der Waals surface area contributed by atoms with E-state index in [0.29, 0.717) is 32.2 Å². The van der Waals surface area contributed by atoms with Crippen LogP contribution in [0.1, 0.15) is 32.1 Å². The van der Waals surface area contributed by atoms with Crippen molar-refractivity contribution in [2.45, 2.75) is 38.2 Å². The molecule has 0 radical (unpaired) electrons. The minimum Gasteiger partial charge on any atom is -0.396 e. The standard InChI is InChI=1S/C11H24N2O4S/c1-13(8-4-9-14)18(15,16)12-7-10-17-11-5-2-3-6-11/h11-12,14H,2-10H2,1H3. The van der Waals surface area contributed by atoms with Gasteiger partial charge in [0.15, 0.2) is 0 Å². The zero-order valence-corrected chi connectivity index (χ0v) is 11.8. The van der Waals surface area contributed by atoms with Crippen molar-refractivity contribution in [2.75, 3.05) is 33.4 Å². The molecule has 0 unspecified atom stereocenters. The number of nitrogens with zero attached hydrogens (tertiary/aromatic N) is 1. The molecule has 0 aliphatic heterocycles. The summed E-state index contributed by atoms with van der Waals surface area (Å²) in [7, 11) is -1.94. The molecule has 0 bridgehead atoms. The molecule has 0 atom stereocenters. The zero-order chi connectivity index (χ0) is 13.4. The van der Waals surface area contributed by atoms with Crippen LogP contribution in [-0.4, -0.2) is 57.3 Å². The fraction of sp³-hybridized carbons (Fsp3) is 1.00. The third-order valence-electron chi connectivity index (χ3n) is 3.08. The predicted octanol–water partition coefficient (Wildman–Crippen LogP) is 0.0942. The molecule has 7 heteroatoms. The summed E-state index contributed by atoms with van der Waals surface area (Å²) in [6, 6.07) is 0. The SMILES string of the molecule is CN(CCCO)S(=O)(=O)NCCOC1CCCC1. The largest absolute Gasteiger partial charge is 0.396 e. The van der Waals surface area contributed by atoms with Crippen LogP contribution in [-0.2, 0) is 14.9 Å². The maximum Gasteiger partial charge on any atom is 0.279 e. The van der Waals surface area contributed by atoms with Crippen molar-refractivity contribution in [3.63, 3.8) is 0 Å². The van der Waals surface area contributed by atoms with E-state index in [0.717, 1.165) is 12.8 Å². The Balaban J connectivity index is 2.15. The Kier molecular flexibility index (Phi) is 7.10. The van der Waals surface area contributed by atoms with Gasteiger partial charge in [-0.25, -0.2) is 0 Å². The van der Waals surface area contributed by atoms with Gasteiger partial charge in [0.05, 0.1) is 12.7 Å². The molecular formula is C11H24N2O4S. The molecule has 0 aromatic rings. The van der Waals surface area contributed by atoms with E-state index in [1.54, 1.807) is 0 Å². The Morgan fingerprint density at radius 1 is 1.39 bits per heavy atom. The van der Waals surface area contributed by atoms with Crippen LogP contribution in [0.25, 0.3) is 0 Å². The molecule has 1 saturated carbocycles. The van der Waals surface area contributed by atoms with Gasteiger partial charge in [0.2, 0.25) is 0 Å². The number of nitrogens with one attached hydrogen (secondary N) is 1. The molecule has 0 heterocycles. The summed E-state index contributed by atoms with van der Waals surface area (Å²) in [6.45, 7) is 1.01. The fourth-order valence-electron chi connectivity index (χ4n) is 1.98. The van der Waals surface area contributed by atoms with Crippen molar-refractivity contribution in [3.8, 4) is 0 Å². The smallest absolute Gasteiger partial charge is 0.279 e. The summed E-state index contributed by atoms with van der Waals surface area (Å²) in [4.78, 5) is 0. The summed E-state index contributed by atoms with van der Waals surface area (Å²) in [5, 5.41) is 8.65. The van der Waals surface area contributed by atoms with Gasteiger partial charge in [0.25, 0.3) is 10.2 Å². The Bertz CT molecular complexity index is 315. The molecule has 0 aromatic carbocycles. The molecule has 0 aromatic heterocycles. The molecule has 1 aliphatic carbocycles. The van der Waals surface area contributed by atoms with Gasteiger partial charge in [0.1, 0.15) is 0 Å². The van der Waals surface area contributed by atoms with Crippen molar-refractivity contribution in [3.05, 3.63) is 0 Å². The zero-order valence-electron chi connectivity index (χ0n) is 11.0. The summed E-state index contributed by atoms with van der Waals surface area (Å²) < 4.78 is 32.7. The van der Waals surface area contributed by atoms with E-state index >= 15 is 0 Å². The Hall–Kier alpha value is -0.210. The lowest BCUT2D eigenvalue weighted by atomic mass is 10.3. The van der Waals surface area contributed by atoms with E-state index in [1.807, 2.05) is 0 Å². The van der Waals surface area contributed by atoms with E-state index in [4.69, 9.17) is 9.84 Å². The van der Waals surface area contributed by atoms with Gasteiger partial charge in [-0.2, -0.15) is 17.4 Å². The Morgan fingerprint density at radius 3 is 2.67 bits per heavy atom. The molecule has 2 N–H and O–H groups in total. The lowest BCUT2D eigenvalue weighted by molar-refractivity contribution is 0.0624. The maximum absolute atomic E-state index is 11.7. The number of hydrogen-bond donors (Lipinski definition) is 2. The second-order valence-electron chi connectivity index (χ2n) is 4.58. The molecular weight excluding hydrogens is 256 g/mol. The first-order chi connectivity index (χ1) is 8.56. The van der Waals surface area contributed by atoms with Gasteiger partial charge in [-0.1, -0.05) is 12.8 Å². The van der Waals surface area contributed by atoms with Crippen molar-refractivity contribution in [1.82, 2.24) is 9.03 Å². The minimum atomic E-state index is -3.44. The highest BCUT2D eigenvalue weighted by Gasteiger charge is 2.18. The molecule has 0 amide bonds. The van der Waals surface area contributed by atoms with E-state index < -0.39 is 10.2 Å². The van der Waals surface area contributed by atoms with Crippen LogP contribution < -0.4 is 4.72 Å². The van der Waals surface area contributed by atoms with Gasteiger partial charge in [-0.15, -0.1) is 0 Å². The maximum atomic E-state index is 11.7. The Labute approximate surface area is 109 Å². The molecule has 1 fully saturated rings. The monoisotopic (exact) mass is 280 g/mol.